The monoisotopic (exact) mass is 246 g/mol. The fourth-order valence-electron chi connectivity index (χ4n) is 2.35. The van der Waals surface area contributed by atoms with E-state index in [0.717, 1.165) is 17.7 Å². The smallest absolute Gasteiger partial charge is 0.251 e. The number of fused-ring (bicyclic) bond motifs is 1. The normalized spacial score (nSPS) is 13.3. The Morgan fingerprint density at radius 1 is 1.33 bits per heavy atom. The van der Waals surface area contributed by atoms with Gasteiger partial charge in [-0.2, -0.15) is 0 Å². The number of amides is 2. The molecule has 1 N–H and O–H groups in total. The molecule has 0 saturated heterocycles. The number of carbonyl (C=O) groups is 2. The lowest BCUT2D eigenvalue weighted by Gasteiger charge is -2.16. The molecule has 1 heterocycles. The molecule has 0 radical (unpaired) electrons. The predicted octanol–water partition coefficient (Wildman–Crippen LogP) is 1.74. The first-order valence-electron chi connectivity index (χ1n) is 6.39. The Bertz CT molecular complexity index is 483. The molecular formula is C14H18N2O2. The summed E-state index contributed by atoms with van der Waals surface area (Å²) in [6.45, 7) is 5.04. The van der Waals surface area contributed by atoms with Gasteiger partial charge in [-0.25, -0.2) is 0 Å². The van der Waals surface area contributed by atoms with Gasteiger partial charge < -0.3 is 10.2 Å². The highest BCUT2D eigenvalue weighted by molar-refractivity contribution is 6.01. The van der Waals surface area contributed by atoms with Gasteiger partial charge in [-0.1, -0.05) is 13.0 Å². The molecule has 0 fully saturated rings. The molecule has 1 aliphatic rings. The molecule has 18 heavy (non-hydrogen) atoms. The number of nitrogens with one attached hydrogen (secondary N) is 1. The molecule has 0 aliphatic carbocycles. The number of carbonyl (C=O) groups excluding carboxylic acids is 2. The number of anilines is 1. The van der Waals surface area contributed by atoms with E-state index in [1.807, 2.05) is 32.0 Å². The van der Waals surface area contributed by atoms with Crippen molar-refractivity contribution in [1.29, 1.82) is 0 Å². The van der Waals surface area contributed by atoms with Crippen molar-refractivity contribution in [2.24, 2.45) is 0 Å². The van der Waals surface area contributed by atoms with E-state index in [0.29, 0.717) is 25.1 Å². The number of nitrogens with zero attached hydrogens (tertiary/aromatic N) is 1. The fraction of sp³-hybridized carbons (Fsp3) is 0.429. The molecule has 0 saturated carbocycles. The van der Waals surface area contributed by atoms with Crippen LogP contribution in [0.15, 0.2) is 18.2 Å². The number of benzene rings is 1. The standard InChI is InChI=1S/C14H18N2O2/c1-3-13(17)16-9-8-10-11(14(18)15-4-2)6-5-7-12(10)16/h5-7H,3-4,8-9H2,1-2H3,(H,15,18). The summed E-state index contributed by atoms with van der Waals surface area (Å²) in [4.78, 5) is 25.5. The first-order chi connectivity index (χ1) is 8.69. The van der Waals surface area contributed by atoms with Crippen LogP contribution in [0, 0.1) is 0 Å². The van der Waals surface area contributed by atoms with E-state index in [-0.39, 0.29) is 11.8 Å². The van der Waals surface area contributed by atoms with Gasteiger partial charge in [0.2, 0.25) is 5.91 Å². The summed E-state index contributed by atoms with van der Waals surface area (Å²) in [6, 6.07) is 5.58. The van der Waals surface area contributed by atoms with Crippen molar-refractivity contribution in [3.05, 3.63) is 29.3 Å². The zero-order valence-corrected chi connectivity index (χ0v) is 10.8. The Morgan fingerprint density at radius 3 is 2.78 bits per heavy atom. The van der Waals surface area contributed by atoms with Gasteiger partial charge in [-0.3, -0.25) is 9.59 Å². The van der Waals surface area contributed by atoms with E-state index in [4.69, 9.17) is 0 Å². The van der Waals surface area contributed by atoms with Crippen LogP contribution in [-0.2, 0) is 11.2 Å². The summed E-state index contributed by atoms with van der Waals surface area (Å²) >= 11 is 0. The largest absolute Gasteiger partial charge is 0.352 e. The highest BCUT2D eigenvalue weighted by Gasteiger charge is 2.26. The van der Waals surface area contributed by atoms with Crippen molar-refractivity contribution in [2.45, 2.75) is 26.7 Å². The molecule has 0 atom stereocenters. The van der Waals surface area contributed by atoms with Crippen molar-refractivity contribution in [3.8, 4) is 0 Å². The van der Waals surface area contributed by atoms with Crippen LogP contribution >= 0.6 is 0 Å². The Morgan fingerprint density at radius 2 is 2.11 bits per heavy atom. The van der Waals surface area contributed by atoms with Gasteiger partial charge >= 0.3 is 0 Å². The second kappa shape index (κ2) is 5.21. The van der Waals surface area contributed by atoms with E-state index in [2.05, 4.69) is 5.32 Å². The molecule has 2 rings (SSSR count). The van der Waals surface area contributed by atoms with Gasteiger partial charge in [0, 0.05) is 30.8 Å². The maximum absolute atomic E-state index is 11.9. The highest BCUT2D eigenvalue weighted by Crippen LogP contribution is 2.31. The van der Waals surface area contributed by atoms with E-state index in [1.54, 1.807) is 4.90 Å². The second-order valence-corrected chi connectivity index (χ2v) is 4.31. The van der Waals surface area contributed by atoms with Crippen LogP contribution in [0.1, 0.15) is 36.2 Å². The van der Waals surface area contributed by atoms with E-state index < -0.39 is 0 Å². The first-order valence-corrected chi connectivity index (χ1v) is 6.39. The van der Waals surface area contributed by atoms with Crippen molar-refractivity contribution < 1.29 is 9.59 Å². The fourth-order valence-corrected chi connectivity index (χ4v) is 2.35. The minimum Gasteiger partial charge on any atom is -0.352 e. The Kier molecular flexibility index (Phi) is 3.65. The lowest BCUT2D eigenvalue weighted by atomic mass is 10.0. The number of rotatable bonds is 3. The van der Waals surface area contributed by atoms with E-state index in [9.17, 15) is 9.59 Å². The van der Waals surface area contributed by atoms with Gasteiger partial charge in [0.05, 0.1) is 0 Å². The van der Waals surface area contributed by atoms with Crippen LogP contribution in [0.4, 0.5) is 5.69 Å². The number of hydrogen-bond acceptors (Lipinski definition) is 2. The number of hydrogen-bond donors (Lipinski definition) is 1. The predicted molar refractivity (Wildman–Crippen MR) is 70.8 cm³/mol. The zero-order valence-electron chi connectivity index (χ0n) is 10.8. The molecule has 96 valence electrons. The minimum atomic E-state index is -0.0554. The third kappa shape index (κ3) is 2.10. The van der Waals surface area contributed by atoms with E-state index >= 15 is 0 Å². The average molecular weight is 246 g/mol. The van der Waals surface area contributed by atoms with Gasteiger partial charge in [0.1, 0.15) is 0 Å². The van der Waals surface area contributed by atoms with Gasteiger partial charge in [0.25, 0.3) is 5.91 Å². The molecule has 1 aliphatic heterocycles. The molecule has 0 bridgehead atoms. The molecule has 4 nitrogen and oxygen atoms in total. The molecular weight excluding hydrogens is 228 g/mol. The minimum absolute atomic E-state index is 0.0554. The van der Waals surface area contributed by atoms with Gasteiger partial charge in [-0.15, -0.1) is 0 Å². The second-order valence-electron chi connectivity index (χ2n) is 4.31. The lowest BCUT2D eigenvalue weighted by molar-refractivity contribution is -0.118. The third-order valence-corrected chi connectivity index (χ3v) is 3.21. The molecule has 4 heteroatoms. The Balaban J connectivity index is 2.36. The van der Waals surface area contributed by atoms with E-state index in [1.165, 1.54) is 0 Å². The quantitative estimate of drug-likeness (QED) is 0.883. The van der Waals surface area contributed by atoms with Crippen molar-refractivity contribution >= 4 is 17.5 Å². The molecule has 0 aromatic heterocycles. The molecule has 1 aromatic carbocycles. The average Bonchev–Trinajstić information content (AvgIpc) is 2.81. The molecule has 2 amide bonds. The van der Waals surface area contributed by atoms with Crippen LogP contribution in [0.3, 0.4) is 0 Å². The first kappa shape index (κ1) is 12.6. The zero-order chi connectivity index (χ0) is 13.1. The molecule has 0 spiro atoms. The van der Waals surface area contributed by atoms with Crippen LogP contribution in [0.2, 0.25) is 0 Å². The summed E-state index contributed by atoms with van der Waals surface area (Å²) in [6.07, 6.45) is 1.25. The Labute approximate surface area is 107 Å². The Hall–Kier alpha value is -1.84. The van der Waals surface area contributed by atoms with Crippen molar-refractivity contribution in [1.82, 2.24) is 5.32 Å². The van der Waals surface area contributed by atoms with Crippen LogP contribution in [0.25, 0.3) is 0 Å². The topological polar surface area (TPSA) is 49.4 Å². The molecule has 0 unspecified atom stereocenters. The van der Waals surface area contributed by atoms with Crippen molar-refractivity contribution in [2.75, 3.05) is 18.0 Å². The van der Waals surface area contributed by atoms with Crippen LogP contribution in [0.5, 0.6) is 0 Å². The summed E-state index contributed by atoms with van der Waals surface area (Å²) in [5.74, 6) is 0.0574. The maximum atomic E-state index is 11.9. The summed E-state index contributed by atoms with van der Waals surface area (Å²) < 4.78 is 0. The highest BCUT2D eigenvalue weighted by atomic mass is 16.2. The summed E-state index contributed by atoms with van der Waals surface area (Å²) in [5, 5.41) is 2.81. The summed E-state index contributed by atoms with van der Waals surface area (Å²) in [7, 11) is 0. The maximum Gasteiger partial charge on any atom is 0.251 e. The van der Waals surface area contributed by atoms with Gasteiger partial charge in [-0.05, 0) is 31.0 Å². The summed E-state index contributed by atoms with van der Waals surface area (Å²) in [5.41, 5.74) is 2.58. The lowest BCUT2D eigenvalue weighted by Crippen LogP contribution is -2.27. The molecule has 1 aromatic rings. The van der Waals surface area contributed by atoms with Crippen LogP contribution in [-0.4, -0.2) is 24.9 Å². The van der Waals surface area contributed by atoms with Crippen LogP contribution < -0.4 is 10.2 Å². The van der Waals surface area contributed by atoms with Gasteiger partial charge in [0.15, 0.2) is 0 Å². The van der Waals surface area contributed by atoms with Crippen molar-refractivity contribution in [3.63, 3.8) is 0 Å². The third-order valence-electron chi connectivity index (χ3n) is 3.21. The SMILES string of the molecule is CCNC(=O)c1cccc2c1CCN2C(=O)CC.